The largest absolute Gasteiger partial charge is 0.341 e. The van der Waals surface area contributed by atoms with Crippen LogP contribution in [0, 0.1) is 5.41 Å². The van der Waals surface area contributed by atoms with Crippen molar-refractivity contribution in [2.45, 2.75) is 18.4 Å². The molecule has 3 nitrogen and oxygen atoms in total. The van der Waals surface area contributed by atoms with Crippen LogP contribution in [-0.2, 0) is 0 Å². The summed E-state index contributed by atoms with van der Waals surface area (Å²) in [4.78, 5) is 14.2. The molecule has 1 aliphatic heterocycles. The molecule has 1 fully saturated rings. The molecule has 1 saturated heterocycles. The standard InChI is InChI=1S/C16H24N2OS2.ClH/c1-16(2,10-17)11-18(3)14(19)12-4-6-13(7-5-12)15-20-8-9-21-15;/h4-7,15H,8-11,17H2,1-3H3;1H. The van der Waals surface area contributed by atoms with E-state index in [-0.39, 0.29) is 23.7 Å². The zero-order valence-corrected chi connectivity index (χ0v) is 15.8. The van der Waals surface area contributed by atoms with Crippen molar-refractivity contribution in [3.63, 3.8) is 0 Å². The van der Waals surface area contributed by atoms with E-state index in [4.69, 9.17) is 5.73 Å². The van der Waals surface area contributed by atoms with E-state index in [0.29, 0.717) is 17.7 Å². The number of carbonyl (C=O) groups is 1. The van der Waals surface area contributed by atoms with Gasteiger partial charge in [0.25, 0.3) is 5.91 Å². The summed E-state index contributed by atoms with van der Waals surface area (Å²) in [6.07, 6.45) is 0. The molecule has 1 aromatic carbocycles. The lowest BCUT2D eigenvalue weighted by Gasteiger charge is -2.29. The van der Waals surface area contributed by atoms with Crippen molar-refractivity contribution in [2.24, 2.45) is 11.1 Å². The van der Waals surface area contributed by atoms with Gasteiger partial charge in [0, 0.05) is 30.7 Å². The van der Waals surface area contributed by atoms with Gasteiger partial charge < -0.3 is 10.6 Å². The summed E-state index contributed by atoms with van der Waals surface area (Å²) in [5.74, 6) is 2.50. The molecule has 124 valence electrons. The molecule has 6 heteroatoms. The fourth-order valence-corrected chi connectivity index (χ4v) is 5.19. The van der Waals surface area contributed by atoms with Crippen molar-refractivity contribution in [1.82, 2.24) is 4.90 Å². The Balaban J connectivity index is 0.00000242. The van der Waals surface area contributed by atoms with Crippen LogP contribution >= 0.6 is 35.9 Å². The molecule has 0 radical (unpaired) electrons. The Labute approximate surface area is 148 Å². The molecule has 0 bridgehead atoms. The number of carbonyl (C=O) groups excluding carboxylic acids is 1. The molecule has 0 saturated carbocycles. The molecular formula is C16H25ClN2OS2. The van der Waals surface area contributed by atoms with Crippen molar-refractivity contribution >= 4 is 41.8 Å². The van der Waals surface area contributed by atoms with Crippen LogP contribution in [0.2, 0.25) is 0 Å². The number of thioether (sulfide) groups is 2. The van der Waals surface area contributed by atoms with Gasteiger partial charge in [-0.3, -0.25) is 4.79 Å². The minimum absolute atomic E-state index is 0. The summed E-state index contributed by atoms with van der Waals surface area (Å²) in [5, 5.41) is 0. The van der Waals surface area contributed by atoms with Crippen LogP contribution < -0.4 is 5.73 Å². The van der Waals surface area contributed by atoms with Crippen LogP contribution in [0.15, 0.2) is 24.3 Å². The Hall–Kier alpha value is -0.360. The molecule has 2 N–H and O–H groups in total. The number of halogens is 1. The van der Waals surface area contributed by atoms with E-state index in [1.54, 1.807) is 4.90 Å². The molecule has 0 unspecified atom stereocenters. The molecule has 1 amide bonds. The third-order valence-electron chi connectivity index (χ3n) is 3.62. The highest BCUT2D eigenvalue weighted by Crippen LogP contribution is 2.45. The van der Waals surface area contributed by atoms with Crippen LogP contribution in [0.1, 0.15) is 34.4 Å². The van der Waals surface area contributed by atoms with Crippen LogP contribution in [0.25, 0.3) is 0 Å². The second kappa shape index (κ2) is 8.48. The van der Waals surface area contributed by atoms with Crippen LogP contribution in [-0.4, -0.2) is 42.4 Å². The van der Waals surface area contributed by atoms with E-state index in [2.05, 4.69) is 26.0 Å². The maximum absolute atomic E-state index is 12.4. The zero-order valence-electron chi connectivity index (χ0n) is 13.4. The van der Waals surface area contributed by atoms with E-state index in [1.807, 2.05) is 42.7 Å². The normalized spacial score (nSPS) is 15.5. The first-order valence-electron chi connectivity index (χ1n) is 7.22. The average Bonchev–Trinajstić information content (AvgIpc) is 3.00. The molecule has 22 heavy (non-hydrogen) atoms. The van der Waals surface area contributed by atoms with Gasteiger partial charge >= 0.3 is 0 Å². The smallest absolute Gasteiger partial charge is 0.253 e. The van der Waals surface area contributed by atoms with Crippen LogP contribution in [0.4, 0.5) is 0 Å². The highest BCUT2D eigenvalue weighted by atomic mass is 35.5. The van der Waals surface area contributed by atoms with Crippen LogP contribution in [0.5, 0.6) is 0 Å². The maximum Gasteiger partial charge on any atom is 0.253 e. The predicted molar refractivity (Wildman–Crippen MR) is 101 cm³/mol. The molecule has 0 aliphatic carbocycles. The van der Waals surface area contributed by atoms with Crippen molar-refractivity contribution < 1.29 is 4.79 Å². The van der Waals surface area contributed by atoms with Gasteiger partial charge in [-0.05, 0) is 29.7 Å². The summed E-state index contributed by atoms with van der Waals surface area (Å²) < 4.78 is 0.531. The fourth-order valence-electron chi connectivity index (χ4n) is 2.33. The summed E-state index contributed by atoms with van der Waals surface area (Å²) >= 11 is 3.96. The minimum atomic E-state index is -0.0541. The second-order valence-corrected chi connectivity index (χ2v) is 8.95. The van der Waals surface area contributed by atoms with Gasteiger partial charge in [-0.15, -0.1) is 35.9 Å². The van der Waals surface area contributed by atoms with Gasteiger partial charge in [-0.25, -0.2) is 0 Å². The molecule has 1 aromatic rings. The summed E-state index contributed by atoms with van der Waals surface area (Å²) in [7, 11) is 1.84. The van der Waals surface area contributed by atoms with Crippen LogP contribution in [0.3, 0.4) is 0 Å². The highest BCUT2D eigenvalue weighted by Gasteiger charge is 2.23. The molecule has 0 aromatic heterocycles. The molecule has 0 spiro atoms. The van der Waals surface area contributed by atoms with Crippen molar-refractivity contribution in [1.29, 1.82) is 0 Å². The lowest BCUT2D eigenvalue weighted by Crippen LogP contribution is -2.39. The molecule has 2 rings (SSSR count). The maximum atomic E-state index is 12.4. The summed E-state index contributed by atoms with van der Waals surface area (Å²) in [6, 6.07) is 8.07. The molecular weight excluding hydrogens is 336 g/mol. The summed E-state index contributed by atoms with van der Waals surface area (Å²) in [5.41, 5.74) is 7.75. The van der Waals surface area contributed by atoms with Gasteiger partial charge in [-0.2, -0.15) is 0 Å². The first kappa shape index (κ1) is 19.7. The molecule has 1 heterocycles. The zero-order chi connectivity index (χ0) is 15.5. The number of amides is 1. The molecule has 1 aliphatic rings. The van der Waals surface area contributed by atoms with Gasteiger partial charge in [0.05, 0.1) is 4.58 Å². The lowest BCUT2D eigenvalue weighted by atomic mass is 9.93. The van der Waals surface area contributed by atoms with E-state index in [0.717, 1.165) is 5.56 Å². The number of benzene rings is 1. The third-order valence-corrected chi connectivity index (χ3v) is 6.72. The second-order valence-electron chi connectivity index (χ2n) is 6.23. The molecule has 0 atom stereocenters. The monoisotopic (exact) mass is 360 g/mol. The Morgan fingerprint density at radius 1 is 1.27 bits per heavy atom. The number of nitrogens with two attached hydrogens (primary N) is 1. The van der Waals surface area contributed by atoms with E-state index >= 15 is 0 Å². The Morgan fingerprint density at radius 2 is 1.82 bits per heavy atom. The topological polar surface area (TPSA) is 46.3 Å². The van der Waals surface area contributed by atoms with Crippen molar-refractivity contribution in [3.8, 4) is 0 Å². The minimum Gasteiger partial charge on any atom is -0.341 e. The van der Waals surface area contributed by atoms with Gasteiger partial charge in [0.2, 0.25) is 0 Å². The quantitative estimate of drug-likeness (QED) is 0.870. The van der Waals surface area contributed by atoms with E-state index < -0.39 is 0 Å². The van der Waals surface area contributed by atoms with Gasteiger partial charge in [-0.1, -0.05) is 26.0 Å². The van der Waals surface area contributed by atoms with Gasteiger partial charge in [0.1, 0.15) is 0 Å². The SMILES string of the molecule is CN(CC(C)(C)CN)C(=O)c1ccc(C2SCCS2)cc1.Cl. The van der Waals surface area contributed by atoms with Gasteiger partial charge in [0.15, 0.2) is 0 Å². The predicted octanol–water partition coefficient (Wildman–Crippen LogP) is 3.64. The fraction of sp³-hybridized carbons (Fsp3) is 0.562. The number of hydrogen-bond donors (Lipinski definition) is 1. The Bertz CT molecular complexity index is 487. The highest BCUT2D eigenvalue weighted by molar-refractivity contribution is 8.19. The summed E-state index contributed by atoms with van der Waals surface area (Å²) in [6.45, 7) is 5.39. The van der Waals surface area contributed by atoms with Crippen molar-refractivity contribution in [3.05, 3.63) is 35.4 Å². The number of rotatable bonds is 5. The van der Waals surface area contributed by atoms with E-state index in [9.17, 15) is 4.79 Å². The number of hydrogen-bond acceptors (Lipinski definition) is 4. The average molecular weight is 361 g/mol. The third kappa shape index (κ3) is 5.08. The Kier molecular flexibility index (Phi) is 7.59. The number of nitrogens with zero attached hydrogens (tertiary/aromatic N) is 1. The lowest BCUT2D eigenvalue weighted by molar-refractivity contribution is 0.0740. The first-order valence-corrected chi connectivity index (χ1v) is 9.31. The Morgan fingerprint density at radius 3 is 2.32 bits per heavy atom. The van der Waals surface area contributed by atoms with Crippen molar-refractivity contribution in [2.75, 3.05) is 31.6 Å². The van der Waals surface area contributed by atoms with E-state index in [1.165, 1.54) is 17.1 Å². The first-order chi connectivity index (χ1) is 9.93.